The lowest BCUT2D eigenvalue weighted by atomic mass is 9.99. The van der Waals surface area contributed by atoms with Gasteiger partial charge in [-0.2, -0.15) is 0 Å². The van der Waals surface area contributed by atoms with E-state index in [1.54, 1.807) is 41.3 Å². The fourth-order valence-electron chi connectivity index (χ4n) is 4.56. The lowest BCUT2D eigenvalue weighted by Crippen LogP contribution is -2.50. The molecule has 2 aromatic carbocycles. The number of amides is 1. The van der Waals surface area contributed by atoms with Gasteiger partial charge in [-0.1, -0.05) is 24.6 Å². The molecule has 2 aromatic rings. The van der Waals surface area contributed by atoms with E-state index in [1.807, 2.05) is 13.8 Å². The number of likely N-dealkylation sites (N-methyl/N-ethyl adjacent to an activating group) is 1. The molecule has 9 heteroatoms. The number of hydrogen-bond donors (Lipinski definition) is 2. The average Bonchev–Trinajstić information content (AvgIpc) is 3.65. The predicted octanol–water partition coefficient (Wildman–Crippen LogP) is 3.36. The first-order valence-electron chi connectivity index (χ1n) is 12.6. The third-order valence-corrected chi connectivity index (χ3v) is 8.40. The minimum atomic E-state index is -3.83. The Morgan fingerprint density at radius 3 is 2.50 bits per heavy atom. The lowest BCUT2D eigenvalue weighted by molar-refractivity contribution is 0.0344. The second-order valence-corrected chi connectivity index (χ2v) is 12.1. The van der Waals surface area contributed by atoms with Crippen LogP contribution in [0.3, 0.4) is 0 Å². The molecule has 0 saturated heterocycles. The molecule has 1 aliphatic heterocycles. The summed E-state index contributed by atoms with van der Waals surface area (Å²) in [6.07, 6.45) is 2.38. The number of nitrogens with zero attached hydrogens (tertiary/aromatic N) is 2. The molecule has 1 saturated carbocycles. The summed E-state index contributed by atoms with van der Waals surface area (Å²) in [5, 5.41) is 9.85. The Labute approximate surface area is 214 Å². The summed E-state index contributed by atoms with van der Waals surface area (Å²) in [7, 11) is -1.73. The fraction of sp³-hybridized carbons (Fsp3) is 0.519. The van der Waals surface area contributed by atoms with Gasteiger partial charge in [0.15, 0.2) is 0 Å². The topological polar surface area (TPSA) is 99.2 Å². The van der Waals surface area contributed by atoms with Gasteiger partial charge in [-0.15, -0.1) is 0 Å². The number of anilines is 1. The van der Waals surface area contributed by atoms with Crippen molar-refractivity contribution in [1.82, 2.24) is 9.80 Å². The highest BCUT2D eigenvalue weighted by molar-refractivity contribution is 7.92. The first-order chi connectivity index (χ1) is 17.1. The van der Waals surface area contributed by atoms with Crippen LogP contribution in [0.1, 0.15) is 42.6 Å². The number of ether oxygens (including phenoxy) is 1. The van der Waals surface area contributed by atoms with E-state index in [1.165, 1.54) is 18.9 Å². The van der Waals surface area contributed by atoms with Crippen LogP contribution < -0.4 is 9.46 Å². The van der Waals surface area contributed by atoms with Crippen LogP contribution in [0.5, 0.6) is 5.75 Å². The number of benzene rings is 2. The van der Waals surface area contributed by atoms with Crippen LogP contribution in [-0.2, 0) is 10.0 Å². The number of hydrogen-bond acceptors (Lipinski definition) is 6. The molecule has 1 amide bonds. The van der Waals surface area contributed by atoms with Gasteiger partial charge in [0.25, 0.3) is 15.9 Å². The molecule has 1 heterocycles. The van der Waals surface area contributed by atoms with E-state index >= 15 is 0 Å². The Morgan fingerprint density at radius 2 is 1.86 bits per heavy atom. The van der Waals surface area contributed by atoms with Crippen LogP contribution >= 0.6 is 0 Å². The smallest absolute Gasteiger partial charge is 0.261 e. The summed E-state index contributed by atoms with van der Waals surface area (Å²) in [5.41, 5.74) is 1.52. The lowest BCUT2D eigenvalue weighted by Gasteiger charge is -2.38. The summed E-state index contributed by atoms with van der Waals surface area (Å²) in [6.45, 7) is 7.77. The van der Waals surface area contributed by atoms with Gasteiger partial charge in [0.1, 0.15) is 11.9 Å². The molecule has 2 aliphatic rings. The van der Waals surface area contributed by atoms with Crippen LogP contribution in [0.25, 0.3) is 0 Å². The number of sulfonamides is 1. The van der Waals surface area contributed by atoms with Gasteiger partial charge >= 0.3 is 0 Å². The Kier molecular flexibility index (Phi) is 7.92. The summed E-state index contributed by atoms with van der Waals surface area (Å²) in [6, 6.07) is 11.0. The first kappa shape index (κ1) is 26.4. The van der Waals surface area contributed by atoms with Gasteiger partial charge in [-0.25, -0.2) is 8.42 Å². The molecule has 196 valence electrons. The zero-order valence-electron chi connectivity index (χ0n) is 21.5. The van der Waals surface area contributed by atoms with Gasteiger partial charge in [0.2, 0.25) is 0 Å². The second-order valence-electron chi connectivity index (χ2n) is 10.4. The highest BCUT2D eigenvalue weighted by Crippen LogP contribution is 2.33. The molecular weight excluding hydrogens is 478 g/mol. The monoisotopic (exact) mass is 515 g/mol. The maximum absolute atomic E-state index is 13.6. The zero-order chi connectivity index (χ0) is 26.0. The standard InChI is InChI=1S/C27H37N3O5S/c1-18-5-10-23(11-6-18)36(33,34)28-22-9-12-25-24(13-22)27(32)30(20(3)17-31)14-19(2)26(35-25)16-29(4)15-21-7-8-21/h5-6,9-13,19-21,26,28,31H,7-8,14-17H2,1-4H3/t19-,20-,26+/m0/s1. The maximum Gasteiger partial charge on any atom is 0.261 e. The van der Waals surface area contributed by atoms with Crippen molar-refractivity contribution in [2.24, 2.45) is 11.8 Å². The molecule has 4 rings (SSSR count). The number of rotatable bonds is 9. The van der Waals surface area contributed by atoms with E-state index in [0.717, 1.165) is 18.0 Å². The van der Waals surface area contributed by atoms with E-state index < -0.39 is 10.0 Å². The molecule has 36 heavy (non-hydrogen) atoms. The van der Waals surface area contributed by atoms with Crippen molar-refractivity contribution in [3.63, 3.8) is 0 Å². The van der Waals surface area contributed by atoms with Crippen LogP contribution in [0.2, 0.25) is 0 Å². The van der Waals surface area contributed by atoms with Crippen molar-refractivity contribution in [2.75, 3.05) is 38.0 Å². The summed E-state index contributed by atoms with van der Waals surface area (Å²) < 4.78 is 34.9. The highest BCUT2D eigenvalue weighted by atomic mass is 32.2. The molecule has 1 fully saturated rings. The maximum atomic E-state index is 13.6. The van der Waals surface area contributed by atoms with Crippen LogP contribution in [0, 0.1) is 18.8 Å². The average molecular weight is 516 g/mol. The predicted molar refractivity (Wildman–Crippen MR) is 140 cm³/mol. The number of nitrogens with one attached hydrogen (secondary N) is 1. The van der Waals surface area contributed by atoms with E-state index in [2.05, 4.69) is 23.6 Å². The molecule has 0 unspecified atom stereocenters. The van der Waals surface area contributed by atoms with Gasteiger partial charge in [-0.05, 0) is 70.0 Å². The first-order valence-corrected chi connectivity index (χ1v) is 14.1. The van der Waals surface area contributed by atoms with E-state index in [9.17, 15) is 18.3 Å². The molecule has 8 nitrogen and oxygen atoms in total. The zero-order valence-corrected chi connectivity index (χ0v) is 22.3. The van der Waals surface area contributed by atoms with Crippen molar-refractivity contribution >= 4 is 21.6 Å². The van der Waals surface area contributed by atoms with Crippen molar-refractivity contribution < 1.29 is 23.1 Å². The third-order valence-electron chi connectivity index (χ3n) is 7.01. The quantitative estimate of drug-likeness (QED) is 0.531. The Hall–Kier alpha value is -2.62. The van der Waals surface area contributed by atoms with Crippen molar-refractivity contribution in [1.29, 1.82) is 0 Å². The number of carbonyl (C=O) groups excluding carboxylic acids is 1. The summed E-state index contributed by atoms with van der Waals surface area (Å²) in [5.74, 6) is 0.921. The van der Waals surface area contributed by atoms with E-state index in [0.29, 0.717) is 18.8 Å². The number of carbonyl (C=O) groups is 1. The Balaban J connectivity index is 1.64. The van der Waals surface area contributed by atoms with E-state index in [-0.39, 0.29) is 46.7 Å². The molecule has 0 spiro atoms. The molecule has 0 radical (unpaired) electrons. The van der Waals surface area contributed by atoms with Gasteiger partial charge in [-0.3, -0.25) is 9.52 Å². The van der Waals surface area contributed by atoms with Crippen molar-refractivity contribution in [3.05, 3.63) is 53.6 Å². The molecule has 1 aliphatic carbocycles. The van der Waals surface area contributed by atoms with Crippen LogP contribution in [0.15, 0.2) is 47.4 Å². The SMILES string of the molecule is Cc1ccc(S(=O)(=O)Nc2ccc3c(c2)C(=O)N([C@@H](C)CO)C[C@H](C)[C@@H](CN(C)CC2CC2)O3)cc1. The van der Waals surface area contributed by atoms with Gasteiger partial charge in [0, 0.05) is 31.2 Å². The van der Waals surface area contributed by atoms with Crippen LogP contribution in [0.4, 0.5) is 5.69 Å². The minimum Gasteiger partial charge on any atom is -0.488 e. The van der Waals surface area contributed by atoms with E-state index in [4.69, 9.17) is 4.74 Å². The Morgan fingerprint density at radius 1 is 1.17 bits per heavy atom. The summed E-state index contributed by atoms with van der Waals surface area (Å²) >= 11 is 0. The molecule has 0 bridgehead atoms. The minimum absolute atomic E-state index is 0.0393. The molecule has 3 atom stereocenters. The largest absolute Gasteiger partial charge is 0.488 e. The Bertz CT molecular complexity index is 1180. The van der Waals surface area contributed by atoms with Gasteiger partial charge in [0.05, 0.1) is 23.1 Å². The number of fused-ring (bicyclic) bond motifs is 1. The van der Waals surface area contributed by atoms with Crippen molar-refractivity contribution in [3.8, 4) is 5.75 Å². The normalized spacial score (nSPS) is 21.4. The molecule has 2 N–H and O–H groups in total. The number of aryl methyl sites for hydroxylation is 1. The van der Waals surface area contributed by atoms with Crippen molar-refractivity contribution in [2.45, 2.75) is 50.7 Å². The number of aliphatic hydroxyl groups excluding tert-OH is 1. The third kappa shape index (κ3) is 6.19. The van der Waals surface area contributed by atoms with Gasteiger partial charge < -0.3 is 19.6 Å². The molecule has 0 aromatic heterocycles. The summed E-state index contributed by atoms with van der Waals surface area (Å²) in [4.78, 5) is 17.7. The second kappa shape index (κ2) is 10.8. The fourth-order valence-corrected chi connectivity index (χ4v) is 5.61. The number of aliphatic hydroxyl groups is 1. The van der Waals surface area contributed by atoms with Crippen LogP contribution in [-0.4, -0.2) is 74.7 Å². The highest BCUT2D eigenvalue weighted by Gasteiger charge is 2.34. The molecular formula is C27H37N3O5S.